The molecule has 104 valence electrons. The van der Waals surface area contributed by atoms with Gasteiger partial charge in [-0.2, -0.15) is 18.2 Å². The Balaban J connectivity index is -0.0000000447. The number of hydrogen-bond acceptors (Lipinski definition) is 1. The van der Waals surface area contributed by atoms with Crippen LogP contribution in [0.15, 0.2) is 30.3 Å². The molecule has 0 aliphatic carbocycles. The molecular formula is C15H30NTi-5. The predicted octanol–water partition coefficient (Wildman–Crippen LogP) is 4.31. The molecule has 17 heavy (non-hydrogen) atoms. The Labute approximate surface area is 126 Å². The summed E-state index contributed by atoms with van der Waals surface area (Å²) in [7, 11) is 0. The molecule has 2 heteroatoms. The molecule has 0 saturated carbocycles. The van der Waals surface area contributed by atoms with Crippen LogP contribution in [0, 0.1) is 29.7 Å². The molecular weight excluding hydrogens is 242 g/mol. The van der Waals surface area contributed by atoms with Crippen LogP contribution in [-0.2, 0) is 21.7 Å². The van der Waals surface area contributed by atoms with E-state index >= 15 is 0 Å². The van der Waals surface area contributed by atoms with E-state index < -0.39 is 0 Å². The Morgan fingerprint density at radius 2 is 1.35 bits per heavy atom. The SMILES string of the molecule is CCN1CCCC1.[CH3-].[CH3-].[CH3-].[CH3-].[Ti].c1cc[cH-]c1. The topological polar surface area (TPSA) is 3.24 Å². The minimum atomic E-state index is 0. The van der Waals surface area contributed by atoms with Gasteiger partial charge >= 0.3 is 0 Å². The number of rotatable bonds is 1. The van der Waals surface area contributed by atoms with Crippen LogP contribution in [0.3, 0.4) is 0 Å². The van der Waals surface area contributed by atoms with Crippen molar-refractivity contribution in [3.63, 3.8) is 0 Å². The molecule has 0 aromatic heterocycles. The summed E-state index contributed by atoms with van der Waals surface area (Å²) in [6.07, 6.45) is 2.85. The average Bonchev–Trinajstić information content (AvgIpc) is 2.81. The van der Waals surface area contributed by atoms with Crippen LogP contribution in [0.2, 0.25) is 0 Å². The summed E-state index contributed by atoms with van der Waals surface area (Å²) in [6, 6.07) is 10.0. The third-order valence-corrected chi connectivity index (χ3v) is 2.20. The van der Waals surface area contributed by atoms with Crippen LogP contribution in [-0.4, -0.2) is 24.5 Å². The molecule has 0 atom stereocenters. The summed E-state index contributed by atoms with van der Waals surface area (Å²) in [5, 5.41) is 0. The van der Waals surface area contributed by atoms with Crippen LogP contribution in [0.4, 0.5) is 0 Å². The minimum Gasteiger partial charge on any atom is -0.358 e. The summed E-state index contributed by atoms with van der Waals surface area (Å²) in [4.78, 5) is 2.49. The normalized spacial score (nSPS) is 12.1. The van der Waals surface area contributed by atoms with E-state index in [4.69, 9.17) is 0 Å². The minimum absolute atomic E-state index is 0. The summed E-state index contributed by atoms with van der Waals surface area (Å²) in [6.45, 7) is 6.16. The van der Waals surface area contributed by atoms with E-state index in [1.165, 1.54) is 32.5 Å². The second kappa shape index (κ2) is 21.3. The predicted molar refractivity (Wildman–Crippen MR) is 79.0 cm³/mol. The van der Waals surface area contributed by atoms with Gasteiger partial charge in [0.15, 0.2) is 0 Å². The Hall–Kier alpha value is 0.0243. The van der Waals surface area contributed by atoms with Crippen molar-refractivity contribution in [2.24, 2.45) is 0 Å². The van der Waals surface area contributed by atoms with Crippen LogP contribution >= 0.6 is 0 Å². The van der Waals surface area contributed by atoms with Crippen molar-refractivity contribution < 1.29 is 21.7 Å². The molecule has 2 rings (SSSR count). The third kappa shape index (κ3) is 16.0. The quantitative estimate of drug-likeness (QED) is 0.544. The maximum Gasteiger partial charge on any atom is 0 e. The Morgan fingerprint density at radius 3 is 1.53 bits per heavy atom. The Morgan fingerprint density at radius 1 is 0.941 bits per heavy atom. The van der Waals surface area contributed by atoms with Crippen molar-refractivity contribution in [1.82, 2.24) is 4.90 Å². The van der Waals surface area contributed by atoms with Crippen LogP contribution in [0.1, 0.15) is 19.8 Å². The molecule has 0 spiro atoms. The largest absolute Gasteiger partial charge is 0.358 e. The van der Waals surface area contributed by atoms with Crippen LogP contribution in [0.5, 0.6) is 0 Å². The molecule has 1 heterocycles. The molecule has 1 nitrogen and oxygen atoms in total. The van der Waals surface area contributed by atoms with Crippen molar-refractivity contribution in [2.75, 3.05) is 19.6 Å². The van der Waals surface area contributed by atoms with Gasteiger partial charge in [0.2, 0.25) is 0 Å². The molecule has 0 radical (unpaired) electrons. The molecule has 1 aromatic carbocycles. The van der Waals surface area contributed by atoms with Gasteiger partial charge < -0.3 is 34.6 Å². The molecule has 1 aliphatic heterocycles. The number of nitrogens with zero attached hydrogens (tertiary/aromatic N) is 1. The molecule has 0 amide bonds. The van der Waals surface area contributed by atoms with E-state index in [1.54, 1.807) is 0 Å². The van der Waals surface area contributed by atoms with Crippen molar-refractivity contribution in [3.05, 3.63) is 60.0 Å². The standard InChI is InChI=1S/C6H13N.C5H5.4CH3.Ti/c1-2-7-5-3-4-6-7;1-2-4-5-3-1;;;;;/h2-6H2,1H3;1-5H;4*1H3;/q;5*-1;. The van der Waals surface area contributed by atoms with E-state index in [-0.39, 0.29) is 51.4 Å². The molecule has 1 aliphatic rings. The fourth-order valence-electron chi connectivity index (χ4n) is 1.42. The fourth-order valence-corrected chi connectivity index (χ4v) is 1.42. The first-order valence-corrected chi connectivity index (χ1v) is 4.82. The molecule has 0 unspecified atom stereocenters. The first-order chi connectivity index (χ1) is 5.93. The van der Waals surface area contributed by atoms with E-state index in [9.17, 15) is 0 Å². The Kier molecular flexibility index (Phi) is 37.9. The first kappa shape index (κ1) is 30.2. The number of likely N-dealkylation sites (tertiary alicyclic amines) is 1. The molecule has 0 N–H and O–H groups in total. The summed E-state index contributed by atoms with van der Waals surface area (Å²) in [5.41, 5.74) is 0. The van der Waals surface area contributed by atoms with Gasteiger partial charge in [0.1, 0.15) is 0 Å². The van der Waals surface area contributed by atoms with E-state index in [0.717, 1.165) is 0 Å². The van der Waals surface area contributed by atoms with Gasteiger partial charge in [-0.25, -0.2) is 12.1 Å². The van der Waals surface area contributed by atoms with Crippen molar-refractivity contribution in [2.45, 2.75) is 19.8 Å². The maximum absolute atomic E-state index is 2.49. The number of hydrogen-bond donors (Lipinski definition) is 0. The smallest absolute Gasteiger partial charge is 0 e. The summed E-state index contributed by atoms with van der Waals surface area (Å²) < 4.78 is 0. The zero-order valence-corrected chi connectivity index (χ0v) is 13.9. The van der Waals surface area contributed by atoms with Gasteiger partial charge in [0.05, 0.1) is 0 Å². The molecule has 0 bridgehead atoms. The average molecular weight is 272 g/mol. The zero-order valence-electron chi connectivity index (χ0n) is 12.4. The van der Waals surface area contributed by atoms with Gasteiger partial charge in [-0.05, 0) is 32.5 Å². The fraction of sp³-hybridized carbons (Fsp3) is 0.400. The second-order valence-corrected chi connectivity index (χ2v) is 3.10. The zero-order chi connectivity index (χ0) is 8.65. The van der Waals surface area contributed by atoms with E-state index in [0.29, 0.717) is 0 Å². The molecule has 1 saturated heterocycles. The van der Waals surface area contributed by atoms with Gasteiger partial charge in [0.25, 0.3) is 0 Å². The van der Waals surface area contributed by atoms with E-state index in [1.807, 2.05) is 30.3 Å². The Bertz CT molecular complexity index is 150. The van der Waals surface area contributed by atoms with Crippen LogP contribution < -0.4 is 0 Å². The molecule has 1 aromatic rings. The first-order valence-electron chi connectivity index (χ1n) is 4.82. The third-order valence-electron chi connectivity index (χ3n) is 2.20. The summed E-state index contributed by atoms with van der Waals surface area (Å²) >= 11 is 0. The summed E-state index contributed by atoms with van der Waals surface area (Å²) in [5.74, 6) is 0. The van der Waals surface area contributed by atoms with Crippen molar-refractivity contribution in [1.29, 1.82) is 0 Å². The monoisotopic (exact) mass is 272 g/mol. The molecule has 1 fully saturated rings. The van der Waals surface area contributed by atoms with Gasteiger partial charge in [-0.3, -0.25) is 0 Å². The second-order valence-electron chi connectivity index (χ2n) is 3.10. The van der Waals surface area contributed by atoms with Crippen molar-refractivity contribution >= 4 is 0 Å². The van der Waals surface area contributed by atoms with Crippen LogP contribution in [0.25, 0.3) is 0 Å². The van der Waals surface area contributed by atoms with Gasteiger partial charge in [-0.1, -0.05) is 6.92 Å². The van der Waals surface area contributed by atoms with Crippen molar-refractivity contribution in [3.8, 4) is 0 Å². The van der Waals surface area contributed by atoms with Gasteiger partial charge in [-0.15, -0.1) is 0 Å². The van der Waals surface area contributed by atoms with E-state index in [2.05, 4.69) is 11.8 Å². The van der Waals surface area contributed by atoms with Gasteiger partial charge in [0, 0.05) is 21.7 Å². The maximum atomic E-state index is 2.49.